The van der Waals surface area contributed by atoms with Gasteiger partial charge in [-0.05, 0) is 36.8 Å². The van der Waals surface area contributed by atoms with E-state index in [0.29, 0.717) is 10.0 Å². The number of aromatic nitrogens is 2. The van der Waals surface area contributed by atoms with E-state index < -0.39 is 0 Å². The van der Waals surface area contributed by atoms with Gasteiger partial charge >= 0.3 is 0 Å². The molecule has 0 spiro atoms. The van der Waals surface area contributed by atoms with E-state index >= 15 is 0 Å². The lowest BCUT2D eigenvalue weighted by Crippen LogP contribution is -2.05. The highest BCUT2D eigenvalue weighted by atomic mass is 35.5. The molecule has 0 radical (unpaired) electrons. The van der Waals surface area contributed by atoms with Crippen molar-refractivity contribution in [3.05, 3.63) is 52.0 Å². The third-order valence-electron chi connectivity index (χ3n) is 4.41. The molecule has 2 aromatic carbocycles. The Bertz CT molecular complexity index is 963. The van der Waals surface area contributed by atoms with Crippen LogP contribution >= 0.6 is 23.2 Å². The summed E-state index contributed by atoms with van der Waals surface area (Å²) in [6.07, 6.45) is 0.877. The Morgan fingerprint density at radius 2 is 1.77 bits per heavy atom. The van der Waals surface area contributed by atoms with Gasteiger partial charge in [-0.15, -0.1) is 0 Å². The lowest BCUT2D eigenvalue weighted by Gasteiger charge is -2.09. The summed E-state index contributed by atoms with van der Waals surface area (Å²) in [7, 11) is 3.27. The van der Waals surface area contributed by atoms with E-state index in [0.717, 1.165) is 52.8 Å². The summed E-state index contributed by atoms with van der Waals surface area (Å²) in [5.74, 6) is 2.37. The van der Waals surface area contributed by atoms with Gasteiger partial charge in [0.15, 0.2) is 0 Å². The van der Waals surface area contributed by atoms with Crippen molar-refractivity contribution < 1.29 is 9.47 Å². The number of methoxy groups -OCH3 is 2. The van der Waals surface area contributed by atoms with Gasteiger partial charge in [-0.1, -0.05) is 23.2 Å². The molecule has 1 aromatic heterocycles. The van der Waals surface area contributed by atoms with Gasteiger partial charge in [-0.3, -0.25) is 0 Å². The standard InChI is InChI=1S/C19H17Cl2N3O2/c1-25-13-7-11(8-14(10-13)26-2)18-15-5-6-22-19(15)24(23-18)17-9-12(20)3-4-16(17)21/h3-4,7-10,22H,5-6H2,1-2H3. The molecule has 134 valence electrons. The van der Waals surface area contributed by atoms with Gasteiger partial charge in [0.2, 0.25) is 0 Å². The number of benzene rings is 2. The van der Waals surface area contributed by atoms with E-state index in [2.05, 4.69) is 5.32 Å². The minimum atomic E-state index is 0.586. The fourth-order valence-corrected chi connectivity index (χ4v) is 3.54. The van der Waals surface area contributed by atoms with Crippen LogP contribution in [0.4, 0.5) is 5.82 Å². The molecule has 0 atom stereocenters. The molecule has 2 heterocycles. The van der Waals surface area contributed by atoms with Crippen LogP contribution in [0.5, 0.6) is 11.5 Å². The molecule has 0 aliphatic carbocycles. The van der Waals surface area contributed by atoms with Crippen molar-refractivity contribution in [1.82, 2.24) is 9.78 Å². The Morgan fingerprint density at radius 3 is 2.46 bits per heavy atom. The first-order valence-electron chi connectivity index (χ1n) is 8.15. The van der Waals surface area contributed by atoms with Gasteiger partial charge in [-0.25, -0.2) is 4.68 Å². The molecule has 0 fully saturated rings. The fourth-order valence-electron chi connectivity index (χ4n) is 3.17. The Balaban J connectivity index is 1.91. The summed E-state index contributed by atoms with van der Waals surface area (Å²) in [4.78, 5) is 0. The van der Waals surface area contributed by atoms with Crippen LogP contribution in [0.25, 0.3) is 16.9 Å². The lowest BCUT2D eigenvalue weighted by atomic mass is 10.1. The first-order valence-corrected chi connectivity index (χ1v) is 8.91. The third-order valence-corrected chi connectivity index (χ3v) is 4.97. The van der Waals surface area contributed by atoms with Crippen LogP contribution in [-0.2, 0) is 6.42 Å². The molecule has 3 aromatic rings. The first kappa shape index (κ1) is 17.1. The molecule has 1 aliphatic rings. The van der Waals surface area contributed by atoms with Gasteiger partial charge in [-0.2, -0.15) is 5.10 Å². The monoisotopic (exact) mass is 389 g/mol. The predicted molar refractivity (Wildman–Crippen MR) is 104 cm³/mol. The molecule has 0 bridgehead atoms. The van der Waals surface area contributed by atoms with Gasteiger partial charge in [0, 0.05) is 28.8 Å². The average molecular weight is 390 g/mol. The Hall–Kier alpha value is -2.37. The zero-order valence-corrected chi connectivity index (χ0v) is 15.9. The van der Waals surface area contributed by atoms with Gasteiger partial charge in [0.25, 0.3) is 0 Å². The van der Waals surface area contributed by atoms with Crippen LogP contribution in [0.1, 0.15) is 5.56 Å². The van der Waals surface area contributed by atoms with Crippen molar-refractivity contribution in [2.24, 2.45) is 0 Å². The van der Waals surface area contributed by atoms with Crippen LogP contribution in [0.2, 0.25) is 10.0 Å². The van der Waals surface area contributed by atoms with Crippen LogP contribution in [0.3, 0.4) is 0 Å². The second-order valence-corrected chi connectivity index (χ2v) is 6.81. The van der Waals surface area contributed by atoms with E-state index in [1.54, 1.807) is 26.4 Å². The topological polar surface area (TPSA) is 48.3 Å². The molecule has 26 heavy (non-hydrogen) atoms. The van der Waals surface area contributed by atoms with Gasteiger partial charge in [0.1, 0.15) is 17.3 Å². The second-order valence-electron chi connectivity index (χ2n) is 5.96. The van der Waals surface area contributed by atoms with E-state index in [4.69, 9.17) is 37.8 Å². The number of rotatable bonds is 4. The number of nitrogens with zero attached hydrogens (tertiary/aromatic N) is 2. The average Bonchev–Trinajstić information content (AvgIpc) is 3.26. The number of ether oxygens (including phenoxy) is 2. The van der Waals surface area contributed by atoms with Crippen molar-refractivity contribution in [2.45, 2.75) is 6.42 Å². The zero-order valence-electron chi connectivity index (χ0n) is 14.3. The lowest BCUT2D eigenvalue weighted by molar-refractivity contribution is 0.394. The second kappa shape index (κ2) is 6.74. The summed E-state index contributed by atoms with van der Waals surface area (Å²) < 4.78 is 12.6. The number of hydrogen-bond acceptors (Lipinski definition) is 4. The summed E-state index contributed by atoms with van der Waals surface area (Å²) in [5, 5.41) is 9.42. The molecule has 0 amide bonds. The number of nitrogens with one attached hydrogen (secondary N) is 1. The van der Waals surface area contributed by atoms with Crippen molar-refractivity contribution in [2.75, 3.05) is 26.1 Å². The molecule has 5 nitrogen and oxygen atoms in total. The molecule has 1 N–H and O–H groups in total. The minimum Gasteiger partial charge on any atom is -0.497 e. The molecule has 1 aliphatic heterocycles. The molecule has 4 rings (SSSR count). The largest absolute Gasteiger partial charge is 0.497 e. The predicted octanol–water partition coefficient (Wildman–Crippen LogP) is 4.83. The van der Waals surface area contributed by atoms with E-state index in [9.17, 15) is 0 Å². The van der Waals surface area contributed by atoms with Crippen molar-refractivity contribution in [1.29, 1.82) is 0 Å². The van der Waals surface area contributed by atoms with E-state index in [1.165, 1.54) is 0 Å². The number of halogens is 2. The highest BCUT2D eigenvalue weighted by molar-refractivity contribution is 6.34. The van der Waals surface area contributed by atoms with Crippen molar-refractivity contribution in [3.8, 4) is 28.4 Å². The number of hydrogen-bond donors (Lipinski definition) is 1. The van der Waals surface area contributed by atoms with Crippen LogP contribution < -0.4 is 14.8 Å². The molecule has 0 saturated heterocycles. The van der Waals surface area contributed by atoms with Crippen molar-refractivity contribution >= 4 is 29.0 Å². The van der Waals surface area contributed by atoms with E-state index in [-0.39, 0.29) is 0 Å². The quantitative estimate of drug-likeness (QED) is 0.693. The first-order chi connectivity index (χ1) is 12.6. The zero-order chi connectivity index (χ0) is 18.3. The van der Waals surface area contributed by atoms with Gasteiger partial charge < -0.3 is 14.8 Å². The smallest absolute Gasteiger partial charge is 0.133 e. The maximum absolute atomic E-state index is 6.40. The Labute approximate surface area is 161 Å². The SMILES string of the molecule is COc1cc(OC)cc(-c2nn(-c3cc(Cl)ccc3Cl)c3c2CCN3)c1. The normalized spacial score (nSPS) is 12.6. The molecule has 7 heteroatoms. The third kappa shape index (κ3) is 2.87. The summed E-state index contributed by atoms with van der Waals surface area (Å²) in [6.45, 7) is 0.847. The molecular weight excluding hydrogens is 373 g/mol. The van der Waals surface area contributed by atoms with Crippen LogP contribution in [0.15, 0.2) is 36.4 Å². The Morgan fingerprint density at radius 1 is 1.04 bits per heavy atom. The summed E-state index contributed by atoms with van der Waals surface area (Å²) in [6, 6.07) is 11.1. The molecule has 0 unspecified atom stereocenters. The maximum atomic E-state index is 6.40. The van der Waals surface area contributed by atoms with Crippen molar-refractivity contribution in [3.63, 3.8) is 0 Å². The highest BCUT2D eigenvalue weighted by Crippen LogP contribution is 2.38. The summed E-state index contributed by atoms with van der Waals surface area (Å²) >= 11 is 12.6. The molecular formula is C19H17Cl2N3O2. The Kier molecular flexibility index (Phi) is 4.42. The highest BCUT2D eigenvalue weighted by Gasteiger charge is 2.25. The molecule has 0 saturated carbocycles. The van der Waals surface area contributed by atoms with Crippen LogP contribution in [-0.4, -0.2) is 30.5 Å². The minimum absolute atomic E-state index is 0.586. The maximum Gasteiger partial charge on any atom is 0.133 e. The van der Waals surface area contributed by atoms with Crippen LogP contribution in [0, 0.1) is 0 Å². The number of anilines is 1. The number of fused-ring (bicyclic) bond motifs is 1. The van der Waals surface area contributed by atoms with E-state index in [1.807, 2.05) is 28.9 Å². The fraction of sp³-hybridized carbons (Fsp3) is 0.211. The summed E-state index contributed by atoms with van der Waals surface area (Å²) in [5.41, 5.74) is 3.68. The van der Waals surface area contributed by atoms with Gasteiger partial charge in [0.05, 0.1) is 30.6 Å².